The summed E-state index contributed by atoms with van der Waals surface area (Å²) in [6.07, 6.45) is 0. The summed E-state index contributed by atoms with van der Waals surface area (Å²) in [5, 5.41) is 11.7. The fourth-order valence-electron chi connectivity index (χ4n) is 2.04. The molecule has 1 unspecified atom stereocenters. The van der Waals surface area contributed by atoms with Gasteiger partial charge in [0.2, 0.25) is 5.91 Å². The summed E-state index contributed by atoms with van der Waals surface area (Å²) in [6.45, 7) is 6.95. The van der Waals surface area contributed by atoms with Crippen LogP contribution in [0.3, 0.4) is 0 Å². The normalized spacial score (nSPS) is 20.7. The van der Waals surface area contributed by atoms with Gasteiger partial charge in [-0.25, -0.2) is 0 Å². The fourth-order valence-corrected chi connectivity index (χ4v) is 2.04. The first kappa shape index (κ1) is 13.8. The highest BCUT2D eigenvalue weighted by molar-refractivity contribution is 6.02. The number of nitrogens with two attached hydrogens (primary N) is 1. The van der Waals surface area contributed by atoms with Crippen LogP contribution in [0.1, 0.15) is 13.8 Å². The zero-order chi connectivity index (χ0) is 13.0. The van der Waals surface area contributed by atoms with Crippen molar-refractivity contribution in [1.82, 2.24) is 9.80 Å². The van der Waals surface area contributed by atoms with Gasteiger partial charge in [0.15, 0.2) is 5.84 Å². The standard InChI is InChI=1S/C11H22N4O2/c1-8(2)9(10(12)13-17)11(16)15-6-4-14(3)5-7-15/h8-9,17H,4-7H2,1-3H3,(H2,12,13). The van der Waals surface area contributed by atoms with Gasteiger partial charge in [0.1, 0.15) is 5.92 Å². The van der Waals surface area contributed by atoms with Gasteiger partial charge in [-0.2, -0.15) is 0 Å². The Kier molecular flexibility index (Phi) is 4.74. The number of amidine groups is 1. The predicted molar refractivity (Wildman–Crippen MR) is 65.8 cm³/mol. The Hall–Kier alpha value is -1.30. The van der Waals surface area contributed by atoms with Gasteiger partial charge in [0, 0.05) is 26.2 Å². The molecule has 0 aliphatic carbocycles. The minimum Gasteiger partial charge on any atom is -0.409 e. The summed E-state index contributed by atoms with van der Waals surface area (Å²) in [5.41, 5.74) is 5.60. The Balaban J connectivity index is 2.72. The average molecular weight is 242 g/mol. The van der Waals surface area contributed by atoms with Crippen molar-refractivity contribution in [3.63, 3.8) is 0 Å². The van der Waals surface area contributed by atoms with E-state index < -0.39 is 5.92 Å². The fraction of sp³-hybridized carbons (Fsp3) is 0.818. The maximum absolute atomic E-state index is 12.3. The maximum atomic E-state index is 12.3. The monoisotopic (exact) mass is 242 g/mol. The Labute approximate surface area is 102 Å². The molecule has 0 aromatic rings. The molecule has 0 aromatic carbocycles. The van der Waals surface area contributed by atoms with Crippen molar-refractivity contribution in [2.24, 2.45) is 22.7 Å². The largest absolute Gasteiger partial charge is 0.409 e. The third kappa shape index (κ3) is 3.33. The summed E-state index contributed by atoms with van der Waals surface area (Å²) in [4.78, 5) is 16.3. The molecule has 1 rings (SSSR count). The number of nitrogens with zero attached hydrogens (tertiary/aromatic N) is 3. The van der Waals surface area contributed by atoms with Crippen LogP contribution >= 0.6 is 0 Å². The van der Waals surface area contributed by atoms with E-state index in [1.165, 1.54) is 0 Å². The van der Waals surface area contributed by atoms with Gasteiger partial charge in [0.05, 0.1) is 0 Å². The topological polar surface area (TPSA) is 82.2 Å². The zero-order valence-electron chi connectivity index (χ0n) is 10.8. The van der Waals surface area contributed by atoms with Crippen molar-refractivity contribution in [2.75, 3.05) is 33.2 Å². The molecule has 1 saturated heterocycles. The van der Waals surface area contributed by atoms with Crippen LogP contribution in [-0.4, -0.2) is 60.0 Å². The second-order valence-corrected chi connectivity index (χ2v) is 4.88. The molecule has 1 aliphatic rings. The molecule has 1 atom stereocenters. The van der Waals surface area contributed by atoms with Crippen molar-refractivity contribution < 1.29 is 10.0 Å². The van der Waals surface area contributed by atoms with Crippen molar-refractivity contribution in [1.29, 1.82) is 0 Å². The van der Waals surface area contributed by atoms with Crippen LogP contribution in [-0.2, 0) is 4.79 Å². The van der Waals surface area contributed by atoms with Crippen LogP contribution in [0.15, 0.2) is 5.16 Å². The first-order valence-electron chi connectivity index (χ1n) is 5.92. The minimum absolute atomic E-state index is 0.00364. The van der Waals surface area contributed by atoms with Crippen molar-refractivity contribution >= 4 is 11.7 Å². The molecule has 0 saturated carbocycles. The highest BCUT2D eigenvalue weighted by atomic mass is 16.4. The molecule has 1 aliphatic heterocycles. The number of hydrogen-bond acceptors (Lipinski definition) is 4. The summed E-state index contributed by atoms with van der Waals surface area (Å²) in [6, 6.07) is 0. The highest BCUT2D eigenvalue weighted by Gasteiger charge is 2.31. The van der Waals surface area contributed by atoms with Crippen LogP contribution in [0.4, 0.5) is 0 Å². The van der Waals surface area contributed by atoms with Gasteiger partial charge in [0.25, 0.3) is 0 Å². The average Bonchev–Trinajstić information content (AvgIpc) is 2.29. The molecule has 17 heavy (non-hydrogen) atoms. The summed E-state index contributed by atoms with van der Waals surface area (Å²) < 4.78 is 0. The molecule has 0 aromatic heterocycles. The van der Waals surface area contributed by atoms with E-state index in [2.05, 4.69) is 10.1 Å². The van der Waals surface area contributed by atoms with Crippen molar-refractivity contribution in [3.8, 4) is 0 Å². The third-order valence-electron chi connectivity index (χ3n) is 3.18. The van der Waals surface area contributed by atoms with Gasteiger partial charge in [-0.1, -0.05) is 19.0 Å². The SMILES string of the molecule is CC(C)C(C(=O)N1CCN(C)CC1)C(N)=NO. The summed E-state index contributed by atoms with van der Waals surface area (Å²) in [5.74, 6) is -0.534. The van der Waals surface area contributed by atoms with Gasteiger partial charge in [-0.3, -0.25) is 4.79 Å². The number of likely N-dealkylation sites (N-methyl/N-ethyl adjacent to an activating group) is 1. The van der Waals surface area contributed by atoms with E-state index in [-0.39, 0.29) is 17.7 Å². The second kappa shape index (κ2) is 5.86. The molecule has 6 nitrogen and oxygen atoms in total. The predicted octanol–water partition coefficient (Wildman–Crippen LogP) is -0.221. The van der Waals surface area contributed by atoms with E-state index in [0.717, 1.165) is 13.1 Å². The molecule has 98 valence electrons. The molecule has 6 heteroatoms. The minimum atomic E-state index is -0.525. The number of carbonyl (C=O) groups excluding carboxylic acids is 1. The summed E-state index contributed by atoms with van der Waals surface area (Å²) in [7, 11) is 2.03. The lowest BCUT2D eigenvalue weighted by atomic mass is 9.93. The van der Waals surface area contributed by atoms with E-state index >= 15 is 0 Å². The highest BCUT2D eigenvalue weighted by Crippen LogP contribution is 2.16. The van der Waals surface area contributed by atoms with Crippen molar-refractivity contribution in [2.45, 2.75) is 13.8 Å². The lowest BCUT2D eigenvalue weighted by Gasteiger charge is -2.35. The van der Waals surface area contributed by atoms with Crippen LogP contribution in [0.2, 0.25) is 0 Å². The van der Waals surface area contributed by atoms with E-state index in [1.807, 2.05) is 20.9 Å². The summed E-state index contributed by atoms with van der Waals surface area (Å²) >= 11 is 0. The number of rotatable bonds is 3. The quantitative estimate of drug-likeness (QED) is 0.310. The van der Waals surface area contributed by atoms with E-state index in [0.29, 0.717) is 13.1 Å². The molecule has 3 N–H and O–H groups in total. The maximum Gasteiger partial charge on any atom is 0.233 e. The Morgan fingerprint density at radius 2 is 1.82 bits per heavy atom. The van der Waals surface area contributed by atoms with E-state index in [4.69, 9.17) is 10.9 Å². The Morgan fingerprint density at radius 1 is 1.29 bits per heavy atom. The van der Waals surface area contributed by atoms with E-state index in [9.17, 15) is 4.79 Å². The van der Waals surface area contributed by atoms with Crippen molar-refractivity contribution in [3.05, 3.63) is 0 Å². The van der Waals surface area contributed by atoms with E-state index in [1.54, 1.807) is 4.90 Å². The lowest BCUT2D eigenvalue weighted by molar-refractivity contribution is -0.136. The van der Waals surface area contributed by atoms with Crippen LogP contribution in [0.25, 0.3) is 0 Å². The first-order chi connectivity index (χ1) is 7.97. The zero-order valence-corrected chi connectivity index (χ0v) is 10.8. The second-order valence-electron chi connectivity index (χ2n) is 4.88. The van der Waals surface area contributed by atoms with Crippen LogP contribution < -0.4 is 5.73 Å². The number of amides is 1. The van der Waals surface area contributed by atoms with Crippen LogP contribution in [0.5, 0.6) is 0 Å². The third-order valence-corrected chi connectivity index (χ3v) is 3.18. The Morgan fingerprint density at radius 3 is 2.24 bits per heavy atom. The molecule has 0 radical (unpaired) electrons. The molecule has 1 heterocycles. The molecular weight excluding hydrogens is 220 g/mol. The molecule has 0 spiro atoms. The Bertz CT molecular complexity index is 296. The van der Waals surface area contributed by atoms with Gasteiger partial charge >= 0.3 is 0 Å². The molecule has 0 bridgehead atoms. The molecule has 1 fully saturated rings. The smallest absolute Gasteiger partial charge is 0.233 e. The number of oxime groups is 1. The molecule has 1 amide bonds. The first-order valence-corrected chi connectivity index (χ1v) is 5.92. The van der Waals surface area contributed by atoms with Gasteiger partial charge < -0.3 is 20.7 Å². The number of hydrogen-bond donors (Lipinski definition) is 2. The number of carbonyl (C=O) groups is 1. The number of piperazine rings is 1. The van der Waals surface area contributed by atoms with Crippen LogP contribution in [0, 0.1) is 11.8 Å². The lowest BCUT2D eigenvalue weighted by Crippen LogP contribution is -2.52. The molecular formula is C11H22N4O2. The van der Waals surface area contributed by atoms with Gasteiger partial charge in [-0.15, -0.1) is 0 Å². The van der Waals surface area contributed by atoms with Gasteiger partial charge in [-0.05, 0) is 13.0 Å².